The zero-order valence-corrected chi connectivity index (χ0v) is 46.1. The molecule has 8 atom stereocenters. The Bertz CT molecular complexity index is 1280. The van der Waals surface area contributed by atoms with Crippen molar-refractivity contribution in [2.24, 2.45) is 34.5 Å². The zero-order chi connectivity index (χ0) is 49.6. The fourth-order valence-electron chi connectivity index (χ4n) is 12.4. The van der Waals surface area contributed by atoms with Gasteiger partial charge in [0.2, 0.25) is 23.6 Å². The molecule has 3 aliphatic rings. The van der Waals surface area contributed by atoms with Gasteiger partial charge in [0.05, 0.1) is 0 Å². The summed E-state index contributed by atoms with van der Waals surface area (Å²) in [5, 5.41) is 13.5. The third kappa shape index (κ3) is 23.4. The maximum atomic E-state index is 13.5. The molecule has 0 aromatic rings. The van der Waals surface area contributed by atoms with E-state index in [4.69, 9.17) is 0 Å². The summed E-state index contributed by atoms with van der Waals surface area (Å²) in [7, 11) is 0. The van der Waals surface area contributed by atoms with Gasteiger partial charge in [0, 0.05) is 47.8 Å². The van der Waals surface area contributed by atoms with Gasteiger partial charge < -0.3 is 21.3 Å². The molecule has 3 rings (SSSR count). The quantitative estimate of drug-likeness (QED) is 0.0468. The van der Waals surface area contributed by atoms with E-state index in [1.54, 1.807) is 0 Å². The molecule has 0 heterocycles. The average molecular weight is 954 g/mol. The predicted molar refractivity (Wildman–Crippen MR) is 287 cm³/mol. The molecule has 4 unspecified atom stereocenters. The summed E-state index contributed by atoms with van der Waals surface area (Å²) in [6.45, 7) is 17.2. The second kappa shape index (κ2) is 34.3. The third-order valence-corrected chi connectivity index (χ3v) is 17.3. The highest BCUT2D eigenvalue weighted by molar-refractivity contribution is 5.83. The van der Waals surface area contributed by atoms with Gasteiger partial charge in [0.1, 0.15) is 0 Å². The van der Waals surface area contributed by atoms with Gasteiger partial charge in [-0.3, -0.25) is 19.2 Å². The number of hydrogen-bond acceptors (Lipinski definition) is 4. The topological polar surface area (TPSA) is 116 Å². The number of carbonyl (C=O) groups is 4. The van der Waals surface area contributed by atoms with Crippen LogP contribution >= 0.6 is 0 Å². The lowest BCUT2D eigenvalue weighted by molar-refractivity contribution is -0.132. The molecule has 0 aromatic heterocycles. The van der Waals surface area contributed by atoms with E-state index in [1.807, 2.05) is 0 Å². The molecule has 4 amide bonds. The van der Waals surface area contributed by atoms with Gasteiger partial charge in [0.25, 0.3) is 0 Å². The Kier molecular flexibility index (Phi) is 30.3. The Labute approximate surface area is 420 Å². The molecule has 0 aliphatic heterocycles. The number of nitrogens with one attached hydrogen (secondary N) is 4. The minimum atomic E-state index is -0.388. The number of carbonyl (C=O) groups excluding carboxylic acids is 4. The van der Waals surface area contributed by atoms with E-state index >= 15 is 0 Å². The summed E-state index contributed by atoms with van der Waals surface area (Å²) in [5.74, 6) is 3.58. The minimum Gasteiger partial charge on any atom is -0.351 e. The molecular formula is C60H112N4O4. The second-order valence-electron chi connectivity index (χ2n) is 24.2. The fraction of sp³-hybridized carbons (Fsp3) is 0.933. The van der Waals surface area contributed by atoms with Crippen LogP contribution in [0, 0.1) is 34.5 Å². The summed E-state index contributed by atoms with van der Waals surface area (Å²) in [6, 6.07) is 0.0900. The molecule has 3 fully saturated rings. The van der Waals surface area contributed by atoms with Gasteiger partial charge in [-0.2, -0.15) is 0 Å². The van der Waals surface area contributed by atoms with E-state index < -0.39 is 0 Å². The predicted octanol–water partition coefficient (Wildman–Crippen LogP) is 15.4. The highest BCUT2D eigenvalue weighted by atomic mass is 16.2. The summed E-state index contributed by atoms with van der Waals surface area (Å²) in [5.41, 5.74) is -0.777. The highest BCUT2D eigenvalue weighted by Crippen LogP contribution is 2.46. The van der Waals surface area contributed by atoms with Gasteiger partial charge in [-0.05, 0) is 87.9 Å². The Morgan fingerprint density at radius 2 is 0.647 bits per heavy atom. The van der Waals surface area contributed by atoms with Crippen LogP contribution < -0.4 is 21.3 Å². The van der Waals surface area contributed by atoms with Gasteiger partial charge in [-0.25, -0.2) is 0 Å². The Morgan fingerprint density at radius 3 is 0.971 bits per heavy atom. The molecule has 4 N–H and O–H groups in total. The van der Waals surface area contributed by atoms with E-state index in [1.165, 1.54) is 116 Å². The SMILES string of the molecule is CCCCCCCCC1CC(CCCCC(=O)N[C@H]2CCCC[C@@H]2NC(=O)C(C)(C)CCCC)C(CCCCC(=O)N[C@@H]2CCCC[C@H]2NC(=O)C(C)(C)CCCC)CC1CCCCCCCC. The van der Waals surface area contributed by atoms with Gasteiger partial charge >= 0.3 is 0 Å². The molecule has 0 aromatic carbocycles. The Hall–Kier alpha value is -2.12. The highest BCUT2D eigenvalue weighted by Gasteiger charge is 2.37. The molecule has 0 bridgehead atoms. The molecule has 0 saturated heterocycles. The van der Waals surface area contributed by atoms with Crippen molar-refractivity contribution < 1.29 is 19.2 Å². The summed E-state index contributed by atoms with van der Waals surface area (Å²) in [6.07, 6.45) is 43.5. The molecule has 0 spiro atoms. The van der Waals surface area contributed by atoms with E-state index in [9.17, 15) is 19.2 Å². The largest absolute Gasteiger partial charge is 0.351 e. The Balaban J connectivity index is 1.61. The molecule has 0 radical (unpaired) electrons. The zero-order valence-electron chi connectivity index (χ0n) is 46.1. The van der Waals surface area contributed by atoms with E-state index in [0.29, 0.717) is 24.7 Å². The van der Waals surface area contributed by atoms with Crippen LogP contribution in [0.2, 0.25) is 0 Å². The van der Waals surface area contributed by atoms with Crippen LogP contribution in [-0.2, 0) is 19.2 Å². The van der Waals surface area contributed by atoms with E-state index in [0.717, 1.165) is 127 Å². The maximum absolute atomic E-state index is 13.5. The number of unbranched alkanes of at least 4 members (excludes halogenated alkanes) is 14. The second-order valence-corrected chi connectivity index (χ2v) is 24.2. The van der Waals surface area contributed by atoms with Crippen LogP contribution in [0.3, 0.4) is 0 Å². The number of hydrogen-bond donors (Lipinski definition) is 4. The van der Waals surface area contributed by atoms with Gasteiger partial charge in [-0.1, -0.05) is 222 Å². The fourth-order valence-corrected chi connectivity index (χ4v) is 12.4. The molecule has 396 valence electrons. The Morgan fingerprint density at radius 1 is 0.368 bits per heavy atom. The van der Waals surface area contributed by atoms with Crippen molar-refractivity contribution in [1.29, 1.82) is 0 Å². The first-order valence-electron chi connectivity index (χ1n) is 29.9. The van der Waals surface area contributed by atoms with Crippen molar-refractivity contribution in [3.8, 4) is 0 Å². The average Bonchev–Trinajstić information content (AvgIpc) is 3.31. The van der Waals surface area contributed by atoms with Crippen molar-refractivity contribution in [3.63, 3.8) is 0 Å². The number of amides is 4. The molecule has 68 heavy (non-hydrogen) atoms. The van der Waals surface area contributed by atoms with Crippen LogP contribution in [0.4, 0.5) is 0 Å². The minimum absolute atomic E-state index is 0.0210. The van der Waals surface area contributed by atoms with E-state index in [2.05, 4.69) is 76.7 Å². The first-order chi connectivity index (χ1) is 32.7. The van der Waals surface area contributed by atoms with Crippen molar-refractivity contribution in [1.82, 2.24) is 21.3 Å². The molecular weight excluding hydrogens is 841 g/mol. The lowest BCUT2D eigenvalue weighted by Crippen LogP contribution is -2.55. The third-order valence-electron chi connectivity index (χ3n) is 17.3. The first-order valence-corrected chi connectivity index (χ1v) is 29.9. The molecule has 3 saturated carbocycles. The molecule has 8 nitrogen and oxygen atoms in total. The van der Waals surface area contributed by atoms with Gasteiger partial charge in [-0.15, -0.1) is 0 Å². The smallest absolute Gasteiger partial charge is 0.225 e. The van der Waals surface area contributed by atoms with Crippen molar-refractivity contribution in [2.75, 3.05) is 0 Å². The van der Waals surface area contributed by atoms with Crippen LogP contribution in [0.1, 0.15) is 299 Å². The number of rotatable bonds is 36. The normalized spacial score (nSPS) is 24.6. The van der Waals surface area contributed by atoms with Gasteiger partial charge in [0.15, 0.2) is 0 Å². The standard InChI is InChI=1S/C60H112N4O4/c1-9-13-17-19-21-23-33-47-45-49(35-25-31-41-55(65)61-51-37-27-29-39-53(51)63-57(67)59(5,6)43-15-11-3)50(46-48(47)34-24-22-20-18-14-10-2)36-26-32-42-56(66)62-52-38-28-30-40-54(52)64-58(68)60(7,8)44-16-12-4/h47-54H,9-46H2,1-8H3,(H,61,65)(H,62,66)(H,63,67)(H,64,68)/t47?,48?,49?,50?,51-,52+,53-,54+. The van der Waals surface area contributed by atoms with Crippen LogP contribution in [-0.4, -0.2) is 47.8 Å². The van der Waals surface area contributed by atoms with E-state index in [-0.39, 0.29) is 58.6 Å². The van der Waals surface area contributed by atoms with Crippen molar-refractivity contribution >= 4 is 23.6 Å². The lowest BCUT2D eigenvalue weighted by atomic mass is 9.63. The van der Waals surface area contributed by atoms with Crippen LogP contribution in [0.5, 0.6) is 0 Å². The maximum Gasteiger partial charge on any atom is 0.225 e. The summed E-state index contributed by atoms with van der Waals surface area (Å²) < 4.78 is 0. The van der Waals surface area contributed by atoms with Crippen molar-refractivity contribution in [2.45, 2.75) is 324 Å². The lowest BCUT2D eigenvalue weighted by Gasteiger charge is -2.42. The van der Waals surface area contributed by atoms with Crippen molar-refractivity contribution in [3.05, 3.63) is 0 Å². The summed E-state index contributed by atoms with van der Waals surface area (Å²) in [4.78, 5) is 53.7. The first kappa shape index (κ1) is 60.2. The van der Waals surface area contributed by atoms with Crippen LogP contribution in [0.15, 0.2) is 0 Å². The monoisotopic (exact) mass is 953 g/mol. The summed E-state index contributed by atoms with van der Waals surface area (Å²) >= 11 is 0. The molecule has 8 heteroatoms. The van der Waals surface area contributed by atoms with Crippen LogP contribution in [0.25, 0.3) is 0 Å². The molecule has 3 aliphatic carbocycles.